The Morgan fingerprint density at radius 1 is 0.900 bits per heavy atom. The van der Waals surface area contributed by atoms with E-state index in [2.05, 4.69) is 28.4 Å². The van der Waals surface area contributed by atoms with Crippen molar-refractivity contribution < 1.29 is 15.8 Å². The van der Waals surface area contributed by atoms with Crippen LogP contribution >= 0.6 is 11.8 Å². The maximum Gasteiger partial charge on any atom is 0.322 e. The Bertz CT molecular complexity index is 1220. The van der Waals surface area contributed by atoms with Crippen molar-refractivity contribution in [2.24, 2.45) is 5.92 Å². The lowest BCUT2D eigenvalue weighted by Gasteiger charge is -2.38. The molecule has 3 aliphatic heterocycles. The molecule has 4 aliphatic rings. The average Bonchev–Trinajstić information content (AvgIpc) is 3.18. The number of likely N-dealkylation sites (tertiary alicyclic amines) is 1. The molecule has 214 valence electrons. The predicted molar refractivity (Wildman–Crippen MR) is 161 cm³/mol. The van der Waals surface area contributed by atoms with Gasteiger partial charge in [0.15, 0.2) is 0 Å². The first-order chi connectivity index (χ1) is 19.6. The van der Waals surface area contributed by atoms with Gasteiger partial charge in [0.2, 0.25) is 11.8 Å². The van der Waals surface area contributed by atoms with Crippen molar-refractivity contribution in [3.8, 4) is 0 Å². The molecule has 2 aromatic rings. The minimum Gasteiger partial charge on any atom is -0.342 e. The summed E-state index contributed by atoms with van der Waals surface area (Å²) < 4.78 is 0. The van der Waals surface area contributed by atoms with Gasteiger partial charge in [-0.25, -0.2) is 4.79 Å². The van der Waals surface area contributed by atoms with E-state index >= 15 is 0 Å². The van der Waals surface area contributed by atoms with E-state index in [1.807, 2.05) is 46.2 Å². The molecule has 2 unspecified atom stereocenters. The Hall–Kier alpha value is -3.00. The summed E-state index contributed by atoms with van der Waals surface area (Å²) in [5, 5.41) is 2.71. The van der Waals surface area contributed by atoms with Crippen LogP contribution in [0.2, 0.25) is 0 Å². The zero-order valence-electron chi connectivity index (χ0n) is 23.2. The molecule has 8 heteroatoms. The lowest BCUT2D eigenvalue weighted by atomic mass is 9.88. The normalized spacial score (nSPS) is 24.6. The maximum atomic E-state index is 13.7. The van der Waals surface area contributed by atoms with E-state index in [9.17, 15) is 14.4 Å². The highest BCUT2D eigenvalue weighted by Crippen LogP contribution is 2.45. The number of urea groups is 1. The minimum atomic E-state index is -0.339. The highest BCUT2D eigenvalue weighted by Gasteiger charge is 2.43. The summed E-state index contributed by atoms with van der Waals surface area (Å²) in [7, 11) is 0. The van der Waals surface area contributed by atoms with Gasteiger partial charge in [0, 0.05) is 45.8 Å². The molecule has 6 rings (SSSR count). The molecule has 0 spiro atoms. The summed E-state index contributed by atoms with van der Waals surface area (Å²) in [6.45, 7) is 2.73. The molecule has 3 heterocycles. The number of fused-ring (bicyclic) bond motifs is 1. The van der Waals surface area contributed by atoms with Crippen LogP contribution in [0.5, 0.6) is 0 Å². The Labute approximate surface area is 243 Å². The van der Waals surface area contributed by atoms with Gasteiger partial charge in [-0.2, -0.15) is 0 Å². The number of rotatable bonds is 6. The smallest absolute Gasteiger partial charge is 0.322 e. The molecule has 2 aromatic carbocycles. The van der Waals surface area contributed by atoms with Crippen LogP contribution in [-0.4, -0.2) is 70.0 Å². The summed E-state index contributed by atoms with van der Waals surface area (Å²) in [6.07, 6.45) is 8.78. The van der Waals surface area contributed by atoms with Crippen molar-refractivity contribution in [2.45, 2.75) is 74.5 Å². The number of benzene rings is 2. The lowest BCUT2D eigenvalue weighted by Crippen LogP contribution is -2.50. The van der Waals surface area contributed by atoms with Crippen molar-refractivity contribution in [2.75, 3.05) is 31.5 Å². The monoisotopic (exact) mass is 562 g/mol. The Balaban J connectivity index is 0.00000337. The first-order valence-electron chi connectivity index (χ1n) is 15.0. The number of para-hydroxylation sites is 1. The summed E-state index contributed by atoms with van der Waals surface area (Å²) in [6, 6.07) is 18.3. The van der Waals surface area contributed by atoms with Crippen LogP contribution in [0.3, 0.4) is 0 Å². The quantitative estimate of drug-likeness (QED) is 0.474. The zero-order chi connectivity index (χ0) is 27.5. The Kier molecular flexibility index (Phi) is 8.32. The number of thioether (sulfide) groups is 1. The number of hydrogen-bond donors (Lipinski definition) is 1. The van der Waals surface area contributed by atoms with Crippen LogP contribution in [0.1, 0.15) is 69.3 Å². The fraction of sp³-hybridized carbons (Fsp3) is 0.531. The van der Waals surface area contributed by atoms with E-state index in [-0.39, 0.29) is 42.4 Å². The third-order valence-electron chi connectivity index (χ3n) is 9.16. The molecule has 3 fully saturated rings. The number of amides is 4. The minimum absolute atomic E-state index is 0. The molecule has 1 N–H and O–H groups in total. The van der Waals surface area contributed by atoms with E-state index in [1.54, 1.807) is 11.8 Å². The fourth-order valence-corrected chi connectivity index (χ4v) is 8.34. The second-order valence-electron chi connectivity index (χ2n) is 11.7. The molecule has 40 heavy (non-hydrogen) atoms. The number of nitrogens with one attached hydrogen (secondary N) is 1. The molecule has 2 atom stereocenters. The molecule has 0 radical (unpaired) electrons. The number of hydrogen-bond acceptors (Lipinski definition) is 4. The summed E-state index contributed by atoms with van der Waals surface area (Å²) in [5.41, 5.74) is 3.20. The lowest BCUT2D eigenvalue weighted by molar-refractivity contribution is -0.137. The van der Waals surface area contributed by atoms with E-state index in [0.29, 0.717) is 25.6 Å². The van der Waals surface area contributed by atoms with Crippen LogP contribution < -0.4 is 5.32 Å². The van der Waals surface area contributed by atoms with E-state index in [1.165, 1.54) is 32.1 Å². The van der Waals surface area contributed by atoms with Gasteiger partial charge in [-0.1, -0.05) is 67.8 Å². The topological polar surface area (TPSA) is 73.0 Å². The first-order valence-corrected chi connectivity index (χ1v) is 16.0. The molecule has 2 saturated heterocycles. The molecule has 7 nitrogen and oxygen atoms in total. The summed E-state index contributed by atoms with van der Waals surface area (Å²) in [4.78, 5) is 46.0. The fourth-order valence-electron chi connectivity index (χ4n) is 6.89. The predicted octanol–water partition coefficient (Wildman–Crippen LogP) is 5.93. The Morgan fingerprint density at radius 2 is 1.62 bits per heavy atom. The van der Waals surface area contributed by atoms with Crippen LogP contribution in [0, 0.1) is 5.92 Å². The SMILES string of the molecule is O=C(CC1SC(c2ccccc2)N(CC2CCCCC2)C1=O)N1CCC(N2CCc3ccccc3NC2=O)CC1.[HH]. The van der Waals surface area contributed by atoms with Crippen molar-refractivity contribution in [1.29, 1.82) is 0 Å². The van der Waals surface area contributed by atoms with Gasteiger partial charge in [-0.15, -0.1) is 11.8 Å². The van der Waals surface area contributed by atoms with Crippen molar-refractivity contribution in [3.63, 3.8) is 0 Å². The van der Waals surface area contributed by atoms with Gasteiger partial charge < -0.3 is 20.0 Å². The molecule has 0 aromatic heterocycles. The summed E-state index contributed by atoms with van der Waals surface area (Å²) >= 11 is 1.65. The maximum absolute atomic E-state index is 13.7. The number of carbonyl (C=O) groups is 3. The van der Waals surface area contributed by atoms with Crippen LogP contribution in [0.25, 0.3) is 0 Å². The molecular formula is C32H42N4O3S. The highest BCUT2D eigenvalue weighted by molar-refractivity contribution is 8.01. The third-order valence-corrected chi connectivity index (χ3v) is 10.6. The second-order valence-corrected chi connectivity index (χ2v) is 13.0. The zero-order valence-corrected chi connectivity index (χ0v) is 24.0. The largest absolute Gasteiger partial charge is 0.342 e. The van der Waals surface area contributed by atoms with Crippen LogP contribution in [0.4, 0.5) is 10.5 Å². The first kappa shape index (κ1) is 27.2. The second kappa shape index (κ2) is 12.2. The van der Waals surface area contributed by atoms with Crippen LogP contribution in [-0.2, 0) is 16.0 Å². The van der Waals surface area contributed by atoms with Gasteiger partial charge in [-0.05, 0) is 55.2 Å². The van der Waals surface area contributed by atoms with E-state index in [4.69, 9.17) is 0 Å². The standard InChI is InChI=1S/C32H40N4O3S.H2/c37-29(34-18-16-26(17-19-34)35-20-15-24-11-7-8-14-27(24)33-32(35)39)21-28-30(38)36(22-23-9-3-1-4-10-23)31(40-28)25-12-5-2-6-13-25;/h2,5-8,11-14,23,26,28,31H,1,3-4,9-10,15-22H2,(H,33,39);1H. The van der Waals surface area contributed by atoms with Crippen LogP contribution in [0.15, 0.2) is 54.6 Å². The number of nitrogens with zero attached hydrogens (tertiary/aromatic N) is 3. The molecule has 0 bridgehead atoms. The molecule has 1 aliphatic carbocycles. The van der Waals surface area contributed by atoms with Crippen molar-refractivity contribution >= 4 is 35.3 Å². The number of anilines is 1. The Morgan fingerprint density at radius 3 is 2.40 bits per heavy atom. The van der Waals surface area contributed by atoms with Gasteiger partial charge in [0.05, 0.1) is 5.25 Å². The highest BCUT2D eigenvalue weighted by atomic mass is 32.2. The molecule has 1 saturated carbocycles. The van der Waals surface area contributed by atoms with Gasteiger partial charge in [0.1, 0.15) is 5.37 Å². The van der Waals surface area contributed by atoms with Gasteiger partial charge in [0.25, 0.3) is 0 Å². The van der Waals surface area contributed by atoms with Crippen molar-refractivity contribution in [1.82, 2.24) is 14.7 Å². The number of piperidine rings is 1. The molecule has 4 amide bonds. The van der Waals surface area contributed by atoms with Gasteiger partial charge in [-0.3, -0.25) is 9.59 Å². The molecular weight excluding hydrogens is 520 g/mol. The van der Waals surface area contributed by atoms with Crippen molar-refractivity contribution in [3.05, 3.63) is 65.7 Å². The number of carbonyl (C=O) groups excluding carboxylic acids is 3. The summed E-state index contributed by atoms with van der Waals surface area (Å²) in [5.74, 6) is 0.735. The third kappa shape index (κ3) is 5.87. The van der Waals surface area contributed by atoms with E-state index < -0.39 is 0 Å². The average molecular weight is 563 g/mol. The van der Waals surface area contributed by atoms with E-state index in [0.717, 1.165) is 42.6 Å². The van der Waals surface area contributed by atoms with Gasteiger partial charge >= 0.3 is 6.03 Å².